The first-order valence-electron chi connectivity index (χ1n) is 5.55. The van der Waals surface area contributed by atoms with E-state index in [2.05, 4.69) is 9.44 Å². The van der Waals surface area contributed by atoms with Crippen LogP contribution in [0.2, 0.25) is 0 Å². The van der Waals surface area contributed by atoms with Gasteiger partial charge in [0.1, 0.15) is 0 Å². The van der Waals surface area contributed by atoms with Crippen LogP contribution < -0.4 is 9.44 Å². The molecule has 1 aromatic rings. The van der Waals surface area contributed by atoms with Crippen LogP contribution in [0.4, 0.5) is 0 Å². The van der Waals surface area contributed by atoms with Crippen molar-refractivity contribution in [3.05, 3.63) is 24.3 Å². The lowest BCUT2D eigenvalue weighted by Gasteiger charge is -2.20. The highest BCUT2D eigenvalue weighted by atomic mass is 32.2. The third-order valence-electron chi connectivity index (χ3n) is 2.15. The molecule has 1 rings (SSSR count). The lowest BCUT2D eigenvalue weighted by Crippen LogP contribution is -2.40. The van der Waals surface area contributed by atoms with Gasteiger partial charge in [-0.1, -0.05) is 0 Å². The fraction of sp³-hybridized carbons (Fsp3) is 0.455. The topological polar surface area (TPSA) is 92.3 Å². The van der Waals surface area contributed by atoms with Gasteiger partial charge >= 0.3 is 0 Å². The Morgan fingerprint density at radius 2 is 1.21 bits per heavy atom. The summed E-state index contributed by atoms with van der Waals surface area (Å²) in [4.78, 5) is 0.0437. The van der Waals surface area contributed by atoms with Crippen molar-refractivity contribution in [1.82, 2.24) is 9.44 Å². The zero-order valence-corrected chi connectivity index (χ0v) is 12.9. The van der Waals surface area contributed by atoms with Gasteiger partial charge in [0.15, 0.2) is 0 Å². The van der Waals surface area contributed by atoms with E-state index in [0.717, 1.165) is 0 Å². The van der Waals surface area contributed by atoms with Crippen molar-refractivity contribution in [2.45, 2.75) is 36.1 Å². The van der Waals surface area contributed by atoms with Gasteiger partial charge in [-0.05, 0) is 52.1 Å². The Balaban J connectivity index is 3.13. The molecule has 108 valence electrons. The average molecular weight is 306 g/mol. The molecule has 0 aromatic heterocycles. The zero-order chi connectivity index (χ0) is 14.9. The summed E-state index contributed by atoms with van der Waals surface area (Å²) in [5, 5.41) is 0. The van der Waals surface area contributed by atoms with Crippen molar-refractivity contribution in [3.63, 3.8) is 0 Å². The van der Waals surface area contributed by atoms with Crippen LogP contribution in [0.5, 0.6) is 0 Å². The Morgan fingerprint density at radius 1 is 0.842 bits per heavy atom. The van der Waals surface area contributed by atoms with Crippen LogP contribution >= 0.6 is 0 Å². The molecule has 0 bridgehead atoms. The predicted octanol–water partition coefficient (Wildman–Crippen LogP) is 0.671. The molecule has 0 amide bonds. The minimum Gasteiger partial charge on any atom is -0.214 e. The molecule has 0 heterocycles. The fourth-order valence-corrected chi connectivity index (χ4v) is 3.53. The fourth-order valence-electron chi connectivity index (χ4n) is 1.38. The standard InChI is InChI=1S/C11H18N2O4S2/c1-11(2,3)13-19(16,17)10-7-5-9(6-8-10)18(14,15)12-4/h5-8,12-13H,1-4H3. The van der Waals surface area contributed by atoms with Crippen LogP contribution in [0.25, 0.3) is 0 Å². The van der Waals surface area contributed by atoms with Crippen molar-refractivity contribution in [2.75, 3.05) is 7.05 Å². The molecule has 0 saturated heterocycles. The molecule has 0 spiro atoms. The molecule has 0 aliphatic heterocycles. The molecule has 1 aromatic carbocycles. The van der Waals surface area contributed by atoms with Crippen LogP contribution in [-0.4, -0.2) is 29.4 Å². The van der Waals surface area contributed by atoms with Crippen molar-refractivity contribution in [2.24, 2.45) is 0 Å². The van der Waals surface area contributed by atoms with Crippen molar-refractivity contribution >= 4 is 20.0 Å². The second kappa shape index (κ2) is 5.20. The Kier molecular flexibility index (Phi) is 4.40. The summed E-state index contributed by atoms with van der Waals surface area (Å²) in [6.45, 7) is 5.18. The zero-order valence-electron chi connectivity index (χ0n) is 11.3. The molecule has 0 atom stereocenters. The van der Waals surface area contributed by atoms with Crippen LogP contribution in [-0.2, 0) is 20.0 Å². The van der Waals surface area contributed by atoms with E-state index >= 15 is 0 Å². The Hall–Kier alpha value is -0.960. The molecule has 19 heavy (non-hydrogen) atoms. The largest absolute Gasteiger partial charge is 0.241 e. The first-order chi connectivity index (χ1) is 8.48. The molecule has 0 aliphatic rings. The molecular weight excluding hydrogens is 288 g/mol. The molecule has 0 saturated carbocycles. The van der Waals surface area contributed by atoms with Crippen LogP contribution in [0.3, 0.4) is 0 Å². The normalized spacial score (nSPS) is 13.5. The number of hydrogen-bond donors (Lipinski definition) is 2. The Bertz CT molecular complexity index is 641. The molecule has 0 radical (unpaired) electrons. The van der Waals surface area contributed by atoms with Gasteiger partial charge in [0, 0.05) is 5.54 Å². The summed E-state index contributed by atoms with van der Waals surface area (Å²) in [5.41, 5.74) is -0.603. The van der Waals surface area contributed by atoms with E-state index in [-0.39, 0.29) is 9.79 Å². The number of benzene rings is 1. The summed E-state index contributed by atoms with van der Waals surface area (Å²) in [6.07, 6.45) is 0. The highest BCUT2D eigenvalue weighted by Crippen LogP contribution is 2.16. The summed E-state index contributed by atoms with van der Waals surface area (Å²) in [6, 6.07) is 5.03. The van der Waals surface area contributed by atoms with E-state index in [1.165, 1.54) is 31.3 Å². The van der Waals surface area contributed by atoms with Gasteiger partial charge in [-0.25, -0.2) is 26.3 Å². The third-order valence-corrected chi connectivity index (χ3v) is 5.36. The molecule has 0 unspecified atom stereocenters. The number of hydrogen-bond acceptors (Lipinski definition) is 4. The van der Waals surface area contributed by atoms with Crippen molar-refractivity contribution in [3.8, 4) is 0 Å². The Morgan fingerprint density at radius 3 is 1.53 bits per heavy atom. The molecule has 0 aliphatic carbocycles. The van der Waals surface area contributed by atoms with E-state index < -0.39 is 25.6 Å². The highest BCUT2D eigenvalue weighted by Gasteiger charge is 2.22. The van der Waals surface area contributed by atoms with Gasteiger partial charge in [0.25, 0.3) is 0 Å². The van der Waals surface area contributed by atoms with Gasteiger partial charge < -0.3 is 0 Å². The maximum Gasteiger partial charge on any atom is 0.241 e. The minimum absolute atomic E-state index is 0.0182. The van der Waals surface area contributed by atoms with Crippen LogP contribution in [0, 0.1) is 0 Å². The maximum absolute atomic E-state index is 12.0. The van der Waals surface area contributed by atoms with E-state index in [4.69, 9.17) is 0 Å². The lowest BCUT2D eigenvalue weighted by atomic mass is 10.1. The van der Waals surface area contributed by atoms with E-state index in [1.54, 1.807) is 20.8 Å². The van der Waals surface area contributed by atoms with Gasteiger partial charge in [-0.2, -0.15) is 0 Å². The molecule has 8 heteroatoms. The minimum atomic E-state index is -3.65. The quantitative estimate of drug-likeness (QED) is 0.855. The van der Waals surface area contributed by atoms with E-state index in [1.807, 2.05) is 0 Å². The first-order valence-corrected chi connectivity index (χ1v) is 8.52. The SMILES string of the molecule is CNS(=O)(=O)c1ccc(S(=O)(=O)NC(C)(C)C)cc1. The monoisotopic (exact) mass is 306 g/mol. The van der Waals surface area contributed by atoms with Gasteiger partial charge in [0.05, 0.1) is 9.79 Å². The van der Waals surface area contributed by atoms with Crippen molar-refractivity contribution in [1.29, 1.82) is 0 Å². The molecule has 0 fully saturated rings. The van der Waals surface area contributed by atoms with Gasteiger partial charge in [-0.15, -0.1) is 0 Å². The summed E-state index contributed by atoms with van der Waals surface area (Å²) in [5.74, 6) is 0. The van der Waals surface area contributed by atoms with Crippen LogP contribution in [0.1, 0.15) is 20.8 Å². The number of nitrogens with one attached hydrogen (secondary N) is 2. The highest BCUT2D eigenvalue weighted by molar-refractivity contribution is 7.90. The summed E-state index contributed by atoms with van der Waals surface area (Å²) < 4.78 is 51.7. The number of sulfonamides is 2. The van der Waals surface area contributed by atoms with Crippen LogP contribution in [0.15, 0.2) is 34.1 Å². The third kappa shape index (κ3) is 4.27. The van der Waals surface area contributed by atoms with E-state index in [0.29, 0.717) is 0 Å². The summed E-state index contributed by atoms with van der Waals surface area (Å²) >= 11 is 0. The molecular formula is C11H18N2O4S2. The number of rotatable bonds is 4. The molecule has 2 N–H and O–H groups in total. The second-order valence-corrected chi connectivity index (χ2v) is 8.60. The second-order valence-electron chi connectivity index (χ2n) is 5.03. The first kappa shape index (κ1) is 16.1. The smallest absolute Gasteiger partial charge is 0.214 e. The predicted molar refractivity (Wildman–Crippen MR) is 72.8 cm³/mol. The average Bonchev–Trinajstić information content (AvgIpc) is 2.26. The van der Waals surface area contributed by atoms with Crippen molar-refractivity contribution < 1.29 is 16.8 Å². The van der Waals surface area contributed by atoms with E-state index in [9.17, 15) is 16.8 Å². The van der Waals surface area contributed by atoms with Gasteiger partial charge in [0.2, 0.25) is 20.0 Å². The lowest BCUT2D eigenvalue weighted by molar-refractivity contribution is 0.491. The summed E-state index contributed by atoms with van der Waals surface area (Å²) in [7, 11) is -5.92. The Labute approximate surface area is 114 Å². The molecule has 6 nitrogen and oxygen atoms in total. The van der Waals surface area contributed by atoms with Gasteiger partial charge in [-0.3, -0.25) is 0 Å². The maximum atomic E-state index is 12.0.